The molecule has 0 saturated carbocycles. The smallest absolute Gasteiger partial charge is 0.403 e. The number of nitrogens with zero attached hydrogens (tertiary/aromatic N) is 2. The van der Waals surface area contributed by atoms with Gasteiger partial charge in [0.25, 0.3) is 0 Å². The number of nitrogens with one attached hydrogen (secondary N) is 1. The van der Waals surface area contributed by atoms with Crippen LogP contribution in [0.15, 0.2) is 23.2 Å². The van der Waals surface area contributed by atoms with Crippen LogP contribution >= 0.6 is 34.5 Å². The summed E-state index contributed by atoms with van der Waals surface area (Å²) in [6, 6.07) is 5.72. The molecule has 2 aliphatic heterocycles. The van der Waals surface area contributed by atoms with Crippen molar-refractivity contribution in [2.24, 2.45) is 4.99 Å². The lowest BCUT2D eigenvalue weighted by molar-refractivity contribution is 0.0413. The van der Waals surface area contributed by atoms with Gasteiger partial charge in [-0.25, -0.2) is 9.78 Å². The fourth-order valence-corrected chi connectivity index (χ4v) is 5.07. The van der Waals surface area contributed by atoms with Gasteiger partial charge >= 0.3 is 5.43 Å². The van der Waals surface area contributed by atoms with Gasteiger partial charge in [-0.2, -0.15) is 0 Å². The summed E-state index contributed by atoms with van der Waals surface area (Å²) in [5.41, 5.74) is 3.33. The number of aryl methyl sites for hydroxylation is 1. The predicted octanol–water partition coefficient (Wildman–Crippen LogP) is 5.54. The minimum atomic E-state index is -0.893. The van der Waals surface area contributed by atoms with Crippen LogP contribution in [0.2, 0.25) is 5.02 Å². The molecule has 1 aromatic heterocycles. The van der Waals surface area contributed by atoms with E-state index in [-0.39, 0.29) is 19.4 Å². The zero-order valence-corrected chi connectivity index (χ0v) is 19.3. The van der Waals surface area contributed by atoms with E-state index in [1.807, 2.05) is 19.1 Å². The molecule has 0 amide bonds. The Balaban J connectivity index is 1.55. The van der Waals surface area contributed by atoms with Crippen molar-refractivity contribution in [1.82, 2.24) is 4.98 Å². The lowest BCUT2D eigenvalue weighted by Crippen LogP contribution is -2.33. The van der Waals surface area contributed by atoms with Crippen LogP contribution in [0.5, 0.6) is 11.5 Å². The van der Waals surface area contributed by atoms with E-state index in [1.165, 1.54) is 11.3 Å². The average Bonchev–Trinajstić information content (AvgIpc) is 3.22. The fraction of sp³-hybridized carbons (Fsp3) is 0.286. The second-order valence-electron chi connectivity index (χ2n) is 7.27. The van der Waals surface area contributed by atoms with E-state index in [1.54, 1.807) is 19.4 Å². The molecule has 11 heteroatoms. The second-order valence-corrected chi connectivity index (χ2v) is 8.98. The molecule has 2 atom stereocenters. The molecule has 0 saturated heterocycles. The third-order valence-electron chi connectivity index (χ3n) is 5.01. The van der Waals surface area contributed by atoms with Crippen LogP contribution < -0.4 is 14.8 Å². The number of aliphatic imine (C=N–C) groups is 1. The highest BCUT2D eigenvalue weighted by molar-refractivity contribution is 7.22. The Morgan fingerprint density at radius 2 is 2.22 bits per heavy atom. The first kappa shape index (κ1) is 21.3. The molecule has 1 unspecified atom stereocenters. The molecule has 32 heavy (non-hydrogen) atoms. The van der Waals surface area contributed by atoms with Gasteiger partial charge in [0, 0.05) is 30.3 Å². The van der Waals surface area contributed by atoms with Crippen molar-refractivity contribution in [3.05, 3.63) is 28.8 Å². The van der Waals surface area contributed by atoms with Crippen LogP contribution in [0.25, 0.3) is 20.8 Å². The Kier molecular flexibility index (Phi) is 5.58. The Morgan fingerprint density at radius 3 is 3.00 bits per heavy atom. The van der Waals surface area contributed by atoms with Gasteiger partial charge in [-0.15, -0.1) is 11.3 Å². The molecule has 0 radical (unpaired) electrons. The number of carbonyl (C=O) groups is 1. The number of hydrogen-bond acceptors (Lipinski definition) is 9. The van der Waals surface area contributed by atoms with E-state index in [2.05, 4.69) is 10.3 Å². The van der Waals surface area contributed by atoms with Crippen molar-refractivity contribution >= 4 is 67.8 Å². The number of halogens is 2. The molecule has 0 spiro atoms. The maximum atomic E-state index is 10.9. The van der Waals surface area contributed by atoms with Crippen LogP contribution in [-0.4, -0.2) is 49.3 Å². The van der Waals surface area contributed by atoms with Crippen molar-refractivity contribution < 1.29 is 23.7 Å². The Morgan fingerprint density at radius 1 is 1.38 bits per heavy atom. The Labute approximate surface area is 197 Å². The zero-order chi connectivity index (χ0) is 22.4. The van der Waals surface area contributed by atoms with Crippen molar-refractivity contribution in [2.75, 3.05) is 25.6 Å². The number of methoxy groups -OCH3 is 1. The number of fused-ring (bicyclic) bond motifs is 4. The first-order chi connectivity index (χ1) is 15.4. The molecule has 5 rings (SSSR count). The largest absolute Gasteiger partial charge is 0.484 e. The van der Waals surface area contributed by atoms with E-state index in [9.17, 15) is 4.79 Å². The van der Waals surface area contributed by atoms with Gasteiger partial charge < -0.3 is 24.3 Å². The highest BCUT2D eigenvalue weighted by Gasteiger charge is 2.28. The number of thiazole rings is 1. The number of rotatable bonds is 4. The van der Waals surface area contributed by atoms with Crippen molar-refractivity contribution in [3.63, 3.8) is 0 Å². The maximum Gasteiger partial charge on any atom is 0.403 e. The monoisotopic (exact) mass is 493 g/mol. The quantitative estimate of drug-likeness (QED) is 0.476. The molecule has 0 aliphatic carbocycles. The van der Waals surface area contributed by atoms with E-state index < -0.39 is 11.5 Å². The molecular weight excluding hydrogens is 477 g/mol. The van der Waals surface area contributed by atoms with Crippen LogP contribution in [0, 0.1) is 6.92 Å². The number of benzene rings is 2. The second kappa shape index (κ2) is 8.40. The number of carbonyl (C=O) groups excluding carboxylic acids is 1. The number of hydrogen-bond donors (Lipinski definition) is 1. The molecule has 0 fully saturated rings. The Bertz CT molecular complexity index is 1260. The molecule has 2 aliphatic rings. The number of aromatic nitrogens is 1. The third-order valence-corrected chi connectivity index (χ3v) is 6.49. The van der Waals surface area contributed by atoms with Crippen LogP contribution in [0.1, 0.15) is 5.56 Å². The van der Waals surface area contributed by atoms with Crippen molar-refractivity contribution in [1.29, 1.82) is 0 Å². The van der Waals surface area contributed by atoms with Gasteiger partial charge in [0.1, 0.15) is 28.4 Å². The number of anilines is 1. The minimum absolute atomic E-state index is 0.0196. The molecule has 3 heterocycles. The Hall–Kier alpha value is -2.59. The summed E-state index contributed by atoms with van der Waals surface area (Å²) in [6.07, 6.45) is 0.947. The molecule has 2 aromatic carbocycles. The molecule has 0 bridgehead atoms. The lowest BCUT2D eigenvalue weighted by atomic mass is 10.1. The third kappa shape index (κ3) is 3.86. The molecule has 3 aromatic rings. The van der Waals surface area contributed by atoms with E-state index >= 15 is 0 Å². The van der Waals surface area contributed by atoms with E-state index in [0.29, 0.717) is 22.0 Å². The summed E-state index contributed by atoms with van der Waals surface area (Å²) in [6.45, 7) is 2.19. The first-order valence-corrected chi connectivity index (χ1v) is 11.2. The van der Waals surface area contributed by atoms with Gasteiger partial charge in [-0.1, -0.05) is 11.6 Å². The molecule has 1 N–H and O–H groups in total. The standard InChI is InChI=1S/C21H17Cl2N3O5S/c1-9-3-11(16-13(4-9)25-15(28-2)6-24-16)20-26-17-12(22)5-14-18(19(17)32-20)29-7-10(31-14)8-30-21(23)27/h3-6,10,15,25H,7-8H2,1-2H3/t10-,15?/m1/s1. The van der Waals surface area contributed by atoms with Gasteiger partial charge in [0.15, 0.2) is 23.8 Å². The summed E-state index contributed by atoms with van der Waals surface area (Å²) in [7, 11) is 1.62. The van der Waals surface area contributed by atoms with Gasteiger partial charge in [-0.3, -0.25) is 4.99 Å². The summed E-state index contributed by atoms with van der Waals surface area (Å²) >= 11 is 13.2. The summed E-state index contributed by atoms with van der Waals surface area (Å²) in [4.78, 5) is 20.2. The summed E-state index contributed by atoms with van der Waals surface area (Å²) < 4.78 is 22.8. The van der Waals surface area contributed by atoms with E-state index in [0.717, 1.165) is 32.2 Å². The topological polar surface area (TPSA) is 91.3 Å². The SMILES string of the molecule is COC1C=Nc2c(cc(C)cc2-c2nc3c(Cl)cc4c(c3s2)OC[C@H](COC(=O)Cl)O4)N1. The van der Waals surface area contributed by atoms with E-state index in [4.69, 9.17) is 47.1 Å². The first-order valence-electron chi connectivity index (χ1n) is 9.66. The normalized spacial score (nSPS) is 18.9. The van der Waals surface area contributed by atoms with Crippen molar-refractivity contribution in [3.8, 4) is 22.1 Å². The zero-order valence-electron chi connectivity index (χ0n) is 17.0. The summed E-state index contributed by atoms with van der Waals surface area (Å²) in [5, 5.41) is 4.50. The maximum absolute atomic E-state index is 10.9. The highest BCUT2D eigenvalue weighted by Crippen LogP contribution is 2.49. The molecule has 166 valence electrons. The van der Waals surface area contributed by atoms with Crippen LogP contribution in [-0.2, 0) is 9.47 Å². The minimum Gasteiger partial charge on any atom is -0.484 e. The average molecular weight is 494 g/mol. The van der Waals surface area contributed by atoms with Gasteiger partial charge in [0.05, 0.1) is 22.6 Å². The predicted molar refractivity (Wildman–Crippen MR) is 124 cm³/mol. The number of ether oxygens (including phenoxy) is 4. The molecular formula is C21H17Cl2N3O5S. The van der Waals surface area contributed by atoms with Crippen LogP contribution in [0.4, 0.5) is 16.2 Å². The lowest BCUT2D eigenvalue weighted by Gasteiger charge is -2.26. The molecule has 8 nitrogen and oxygen atoms in total. The summed E-state index contributed by atoms with van der Waals surface area (Å²) in [5.74, 6) is 1.03. The van der Waals surface area contributed by atoms with Crippen LogP contribution in [0.3, 0.4) is 0 Å². The highest BCUT2D eigenvalue weighted by atomic mass is 35.5. The van der Waals surface area contributed by atoms with Gasteiger partial charge in [0.2, 0.25) is 0 Å². The van der Waals surface area contributed by atoms with Gasteiger partial charge in [-0.05, 0) is 24.6 Å². The fourth-order valence-electron chi connectivity index (χ4n) is 3.61. The van der Waals surface area contributed by atoms with Crippen molar-refractivity contribution in [2.45, 2.75) is 19.3 Å².